The highest BCUT2D eigenvalue weighted by atomic mass is 16.5. The van der Waals surface area contributed by atoms with Crippen molar-refractivity contribution >= 4 is 5.69 Å². The molecule has 0 atom stereocenters. The van der Waals surface area contributed by atoms with Crippen LogP contribution in [0.3, 0.4) is 0 Å². The molecule has 33 heavy (non-hydrogen) atoms. The fraction of sp³-hybridized carbons (Fsp3) is 0.733. The van der Waals surface area contributed by atoms with Gasteiger partial charge in [-0.2, -0.15) is 0 Å². The predicted molar refractivity (Wildman–Crippen MR) is 153 cm³/mol. The largest absolute Gasteiger partial charge is 0.494 e. The van der Waals surface area contributed by atoms with Crippen molar-refractivity contribution in [1.29, 1.82) is 0 Å². The van der Waals surface area contributed by atoms with Gasteiger partial charge in [0.1, 0.15) is 5.75 Å². The smallest absolute Gasteiger partial charge is 0.119 e. The van der Waals surface area contributed by atoms with E-state index in [0.717, 1.165) is 31.0 Å². The van der Waals surface area contributed by atoms with Crippen LogP contribution in [0, 0.1) is 0 Å². The van der Waals surface area contributed by atoms with E-state index in [0.29, 0.717) is 0 Å². The average molecular weight is 465 g/mol. The molecule has 0 aromatic heterocycles. The number of anilines is 1. The highest BCUT2D eigenvalue weighted by molar-refractivity contribution is 5.41. The van der Waals surface area contributed by atoms with E-state index in [-0.39, 0.29) is 0 Å². The quantitative estimate of drug-likeness (QED) is 0.129. The average Bonchev–Trinajstić information content (AvgIpc) is 2.85. The van der Waals surface area contributed by atoms with Gasteiger partial charge in [-0.05, 0) is 37.2 Å². The fourth-order valence-corrected chi connectivity index (χ4v) is 3.40. The summed E-state index contributed by atoms with van der Waals surface area (Å²) in [6, 6.07) is 7.68. The monoisotopic (exact) mass is 464 g/mol. The van der Waals surface area contributed by atoms with Crippen LogP contribution < -0.4 is 16.2 Å². The Labute approximate surface area is 208 Å². The Morgan fingerprint density at radius 3 is 1.24 bits per heavy atom. The van der Waals surface area contributed by atoms with Crippen LogP contribution in [0.1, 0.15) is 130 Å². The van der Waals surface area contributed by atoms with Gasteiger partial charge in [-0.3, -0.25) is 0 Å². The summed E-state index contributed by atoms with van der Waals surface area (Å²) in [5, 5.41) is 0. The van der Waals surface area contributed by atoms with E-state index < -0.39 is 0 Å². The van der Waals surface area contributed by atoms with Crippen LogP contribution >= 0.6 is 0 Å². The van der Waals surface area contributed by atoms with Gasteiger partial charge in [0.15, 0.2) is 0 Å². The maximum atomic E-state index is 5.72. The summed E-state index contributed by atoms with van der Waals surface area (Å²) in [4.78, 5) is 0. The minimum absolute atomic E-state index is 0.750. The summed E-state index contributed by atoms with van der Waals surface area (Å²) in [5.74, 6) is 0.931. The van der Waals surface area contributed by atoms with Crippen LogP contribution in [-0.2, 0) is 0 Å². The zero-order valence-electron chi connectivity index (χ0n) is 23.0. The van der Waals surface area contributed by atoms with Crippen molar-refractivity contribution in [3.05, 3.63) is 37.4 Å². The third kappa shape index (κ3) is 32.8. The van der Waals surface area contributed by atoms with Crippen molar-refractivity contribution in [3.63, 3.8) is 0 Å². The second-order valence-electron chi connectivity index (χ2n) is 8.13. The van der Waals surface area contributed by atoms with E-state index in [2.05, 4.69) is 20.1 Å². The lowest BCUT2D eigenvalue weighted by atomic mass is 10.0. The van der Waals surface area contributed by atoms with Crippen molar-refractivity contribution in [1.82, 2.24) is 0 Å². The summed E-state index contributed by atoms with van der Waals surface area (Å²) in [7, 11) is 0. The van der Waals surface area contributed by atoms with Gasteiger partial charge in [0, 0.05) is 5.69 Å². The van der Waals surface area contributed by atoms with Gasteiger partial charge in [-0.1, -0.05) is 124 Å². The molecule has 0 heterocycles. The fourth-order valence-electron chi connectivity index (χ4n) is 3.40. The molecule has 0 unspecified atom stereocenters. The number of nitrogens with two attached hydrogens (primary N) is 2. The molecule has 0 spiro atoms. The molecule has 0 aliphatic rings. The van der Waals surface area contributed by atoms with Crippen LogP contribution in [0.25, 0.3) is 0 Å². The van der Waals surface area contributed by atoms with E-state index in [9.17, 15) is 0 Å². The minimum Gasteiger partial charge on any atom is -0.494 e. The number of hydrogen-bond acceptors (Lipinski definition) is 3. The van der Waals surface area contributed by atoms with Crippen molar-refractivity contribution < 1.29 is 4.74 Å². The highest BCUT2D eigenvalue weighted by Crippen LogP contribution is 2.15. The van der Waals surface area contributed by atoms with Gasteiger partial charge in [0.25, 0.3) is 0 Å². The van der Waals surface area contributed by atoms with Crippen molar-refractivity contribution in [3.8, 4) is 5.75 Å². The zero-order chi connectivity index (χ0) is 25.4. The number of nitrogen functional groups attached to an aromatic ring is 1. The van der Waals surface area contributed by atoms with E-state index >= 15 is 0 Å². The second kappa shape index (κ2) is 35.1. The predicted octanol–water partition coefficient (Wildman–Crippen LogP) is 9.70. The van der Waals surface area contributed by atoms with E-state index in [1.807, 2.05) is 45.0 Å². The summed E-state index contributed by atoms with van der Waals surface area (Å²) in [6.45, 7) is 15.8. The molecule has 1 aromatic rings. The molecule has 3 nitrogen and oxygen atoms in total. The number of rotatable bonds is 18. The summed E-state index contributed by atoms with van der Waals surface area (Å²) >= 11 is 0. The normalized spacial score (nSPS) is 9.48. The van der Waals surface area contributed by atoms with Gasteiger partial charge in [0.05, 0.1) is 6.61 Å². The molecule has 0 radical (unpaired) electrons. The second-order valence-corrected chi connectivity index (χ2v) is 8.13. The van der Waals surface area contributed by atoms with Crippen LogP contribution in [0.5, 0.6) is 5.75 Å². The van der Waals surface area contributed by atoms with Crippen LogP contribution in [0.2, 0.25) is 0 Å². The molecule has 3 heteroatoms. The molecule has 1 aromatic carbocycles. The minimum atomic E-state index is 0.750. The lowest BCUT2D eigenvalue weighted by molar-refractivity contribution is 0.304. The Balaban J connectivity index is -0.00000115. The Hall–Kier alpha value is -1.48. The van der Waals surface area contributed by atoms with Crippen LogP contribution in [-0.4, -0.2) is 13.2 Å². The molecule has 0 bridgehead atoms. The Bertz CT molecular complexity index is 433. The van der Waals surface area contributed by atoms with Crippen LogP contribution in [0.15, 0.2) is 37.4 Å². The SMILES string of the molecule is C=C.CC.CCCCCCCCCCCCCCCCCCOc1ccc(N)cc1.CCN. The number of unbranched alkanes of at least 4 members (excludes halogenated alkanes) is 15. The summed E-state index contributed by atoms with van der Waals surface area (Å²) < 4.78 is 5.72. The van der Waals surface area contributed by atoms with Crippen molar-refractivity contribution in [2.45, 2.75) is 130 Å². The molecule has 0 aliphatic heterocycles. The highest BCUT2D eigenvalue weighted by Gasteiger charge is 1.96. The maximum absolute atomic E-state index is 5.72. The molecule has 1 rings (SSSR count). The van der Waals surface area contributed by atoms with Gasteiger partial charge in [-0.25, -0.2) is 0 Å². The van der Waals surface area contributed by atoms with Gasteiger partial charge in [-0.15, -0.1) is 13.2 Å². The Kier molecular flexibility index (Phi) is 38.4. The Morgan fingerprint density at radius 2 is 0.909 bits per heavy atom. The summed E-state index contributed by atoms with van der Waals surface area (Å²) in [5.41, 5.74) is 11.3. The van der Waals surface area contributed by atoms with Crippen molar-refractivity contribution in [2.24, 2.45) is 5.73 Å². The molecule has 0 saturated heterocycles. The third-order valence-corrected chi connectivity index (χ3v) is 5.15. The Morgan fingerprint density at radius 1 is 0.606 bits per heavy atom. The maximum Gasteiger partial charge on any atom is 0.119 e. The van der Waals surface area contributed by atoms with Gasteiger partial charge in [0.2, 0.25) is 0 Å². The molecule has 0 fully saturated rings. The first-order valence-corrected chi connectivity index (χ1v) is 13.9. The first kappa shape index (κ1) is 36.1. The molecule has 0 aliphatic carbocycles. The van der Waals surface area contributed by atoms with Gasteiger partial charge >= 0.3 is 0 Å². The molecular weight excluding hydrogens is 404 g/mol. The topological polar surface area (TPSA) is 61.3 Å². The van der Waals surface area contributed by atoms with Crippen molar-refractivity contribution in [2.75, 3.05) is 18.9 Å². The first-order valence-electron chi connectivity index (χ1n) is 13.9. The first-order chi connectivity index (χ1) is 16.2. The lowest BCUT2D eigenvalue weighted by Gasteiger charge is -2.06. The number of benzene rings is 1. The zero-order valence-corrected chi connectivity index (χ0v) is 23.0. The summed E-state index contributed by atoms with van der Waals surface area (Å²) in [6.07, 6.45) is 22.4. The molecule has 196 valence electrons. The molecule has 0 amide bonds. The number of hydrogen-bond donors (Lipinski definition) is 2. The molecule has 4 N–H and O–H groups in total. The lowest BCUT2D eigenvalue weighted by Crippen LogP contribution is -1.97. The van der Waals surface area contributed by atoms with E-state index in [1.54, 1.807) is 0 Å². The number of ether oxygens (including phenoxy) is 1. The van der Waals surface area contributed by atoms with E-state index in [1.165, 1.54) is 96.3 Å². The molecular formula is C30H60N2O. The standard InChI is InChI=1S/C24H43NO.C2H7N.C2H6.C2H4/c1-2-3-4-5-6-7-8-9-10-11-12-13-14-15-16-17-22-26-24-20-18-23(25)19-21-24;1-2-3;2*1-2/h18-21H,2-17,22,25H2,1H3;2-3H2,1H3;1-2H3;1-2H2. The molecule has 0 saturated carbocycles. The van der Waals surface area contributed by atoms with Gasteiger partial charge < -0.3 is 16.2 Å². The van der Waals surface area contributed by atoms with E-state index in [4.69, 9.17) is 16.2 Å². The van der Waals surface area contributed by atoms with Crippen LogP contribution in [0.4, 0.5) is 5.69 Å². The third-order valence-electron chi connectivity index (χ3n) is 5.15.